The Morgan fingerprint density at radius 1 is 1.00 bits per heavy atom. The zero-order valence-electron chi connectivity index (χ0n) is 16.6. The SMILES string of the molecule is COc1cncc(OC2CCC(NS(=O)(=O)c3ccc4c(c3)CCCC4)CC2)n1. The molecule has 1 N–H and O–H groups in total. The quantitative estimate of drug-likeness (QED) is 0.777. The van der Waals surface area contributed by atoms with Gasteiger partial charge in [-0.2, -0.15) is 4.98 Å². The van der Waals surface area contributed by atoms with E-state index in [4.69, 9.17) is 9.47 Å². The number of aryl methyl sites for hydroxylation is 2. The summed E-state index contributed by atoms with van der Waals surface area (Å²) in [4.78, 5) is 8.64. The van der Waals surface area contributed by atoms with Gasteiger partial charge in [0.15, 0.2) is 0 Å². The van der Waals surface area contributed by atoms with Gasteiger partial charge < -0.3 is 9.47 Å². The van der Waals surface area contributed by atoms with E-state index in [9.17, 15) is 8.42 Å². The molecule has 0 amide bonds. The van der Waals surface area contributed by atoms with Gasteiger partial charge in [-0.25, -0.2) is 13.1 Å². The average molecular weight is 418 g/mol. The molecule has 0 atom stereocenters. The Morgan fingerprint density at radius 3 is 2.48 bits per heavy atom. The molecule has 7 nitrogen and oxygen atoms in total. The predicted molar refractivity (Wildman–Crippen MR) is 109 cm³/mol. The summed E-state index contributed by atoms with van der Waals surface area (Å²) in [5, 5.41) is 0. The largest absolute Gasteiger partial charge is 0.480 e. The summed E-state index contributed by atoms with van der Waals surface area (Å²) in [6, 6.07) is 5.49. The van der Waals surface area contributed by atoms with E-state index in [1.807, 2.05) is 12.1 Å². The molecule has 1 saturated carbocycles. The van der Waals surface area contributed by atoms with Crippen LogP contribution in [0, 0.1) is 0 Å². The molecule has 156 valence electrons. The second-order valence-electron chi connectivity index (χ2n) is 7.75. The molecule has 2 aliphatic carbocycles. The van der Waals surface area contributed by atoms with Crippen LogP contribution in [0.15, 0.2) is 35.5 Å². The second kappa shape index (κ2) is 8.67. The van der Waals surface area contributed by atoms with Gasteiger partial charge >= 0.3 is 0 Å². The van der Waals surface area contributed by atoms with Crippen LogP contribution in [-0.4, -0.2) is 37.6 Å². The highest BCUT2D eigenvalue weighted by Gasteiger charge is 2.27. The van der Waals surface area contributed by atoms with Crippen LogP contribution in [0.25, 0.3) is 0 Å². The fraction of sp³-hybridized carbons (Fsp3) is 0.524. The normalized spacial score (nSPS) is 22.0. The maximum atomic E-state index is 12.9. The van der Waals surface area contributed by atoms with Crippen molar-refractivity contribution >= 4 is 10.0 Å². The standard InChI is InChI=1S/C21H27N3O4S/c1-27-20-13-22-14-21(23-20)28-18-9-7-17(8-10-18)24-29(25,26)19-11-6-15-4-2-3-5-16(15)12-19/h6,11-14,17-18,24H,2-5,7-10H2,1H3. The van der Waals surface area contributed by atoms with Crippen molar-refractivity contribution in [2.75, 3.05) is 7.11 Å². The van der Waals surface area contributed by atoms with Crippen molar-refractivity contribution in [3.8, 4) is 11.8 Å². The minimum Gasteiger partial charge on any atom is -0.480 e. The lowest BCUT2D eigenvalue weighted by Gasteiger charge is -2.29. The summed E-state index contributed by atoms with van der Waals surface area (Å²) < 4.78 is 39.6. The number of sulfonamides is 1. The lowest BCUT2D eigenvalue weighted by Crippen LogP contribution is -2.39. The summed E-state index contributed by atoms with van der Waals surface area (Å²) in [7, 11) is -1.97. The Labute approximate surface area is 171 Å². The number of hydrogen-bond donors (Lipinski definition) is 1. The summed E-state index contributed by atoms with van der Waals surface area (Å²) in [5.74, 6) is 0.844. The third-order valence-corrected chi connectivity index (χ3v) is 7.23. The van der Waals surface area contributed by atoms with Crippen LogP contribution in [0.2, 0.25) is 0 Å². The van der Waals surface area contributed by atoms with E-state index in [0.717, 1.165) is 44.9 Å². The Hall–Kier alpha value is -2.19. The van der Waals surface area contributed by atoms with Crippen molar-refractivity contribution in [3.63, 3.8) is 0 Å². The molecular formula is C21H27N3O4S. The van der Waals surface area contributed by atoms with Gasteiger partial charge in [-0.05, 0) is 74.6 Å². The monoisotopic (exact) mass is 417 g/mol. The molecule has 0 radical (unpaired) electrons. The van der Waals surface area contributed by atoms with Crippen molar-refractivity contribution in [2.45, 2.75) is 68.4 Å². The van der Waals surface area contributed by atoms with E-state index in [-0.39, 0.29) is 12.1 Å². The van der Waals surface area contributed by atoms with Crippen LogP contribution < -0.4 is 14.2 Å². The minimum absolute atomic E-state index is 0.000838. The van der Waals surface area contributed by atoms with E-state index in [1.54, 1.807) is 12.3 Å². The Kier molecular flexibility index (Phi) is 6.01. The molecule has 0 bridgehead atoms. The zero-order chi connectivity index (χ0) is 20.3. The van der Waals surface area contributed by atoms with Crippen LogP contribution in [-0.2, 0) is 22.9 Å². The van der Waals surface area contributed by atoms with Gasteiger partial charge in [0, 0.05) is 6.04 Å². The Balaban J connectivity index is 1.34. The van der Waals surface area contributed by atoms with Gasteiger partial charge in [0.25, 0.3) is 0 Å². The number of nitrogens with zero attached hydrogens (tertiary/aromatic N) is 2. The van der Waals surface area contributed by atoms with Gasteiger partial charge in [-0.3, -0.25) is 4.98 Å². The van der Waals surface area contributed by atoms with E-state index in [0.29, 0.717) is 16.7 Å². The molecule has 1 heterocycles. The first-order chi connectivity index (χ1) is 14.0. The predicted octanol–water partition coefficient (Wildman–Crippen LogP) is 3.03. The summed E-state index contributed by atoms with van der Waals surface area (Å²) in [6.45, 7) is 0. The lowest BCUT2D eigenvalue weighted by molar-refractivity contribution is 0.136. The minimum atomic E-state index is -3.51. The number of benzene rings is 1. The topological polar surface area (TPSA) is 90.4 Å². The van der Waals surface area contributed by atoms with Crippen molar-refractivity contribution in [3.05, 3.63) is 41.7 Å². The van der Waals surface area contributed by atoms with Gasteiger partial charge in [0.2, 0.25) is 21.8 Å². The van der Waals surface area contributed by atoms with E-state index < -0.39 is 10.0 Å². The van der Waals surface area contributed by atoms with Crippen LogP contribution in [0.5, 0.6) is 11.8 Å². The van der Waals surface area contributed by atoms with Gasteiger partial charge in [-0.1, -0.05) is 6.07 Å². The molecule has 2 aromatic rings. The van der Waals surface area contributed by atoms with E-state index >= 15 is 0 Å². The van der Waals surface area contributed by atoms with E-state index in [1.165, 1.54) is 30.9 Å². The first kappa shape index (κ1) is 20.1. The first-order valence-electron chi connectivity index (χ1n) is 10.2. The fourth-order valence-corrected chi connectivity index (χ4v) is 5.48. The van der Waals surface area contributed by atoms with Crippen LogP contribution in [0.4, 0.5) is 0 Å². The fourth-order valence-electron chi connectivity index (χ4n) is 4.12. The van der Waals surface area contributed by atoms with Gasteiger partial charge in [0.1, 0.15) is 6.10 Å². The van der Waals surface area contributed by atoms with Crippen LogP contribution in [0.1, 0.15) is 49.7 Å². The molecule has 0 saturated heterocycles. The summed E-state index contributed by atoms with van der Waals surface area (Å²) in [5.41, 5.74) is 2.46. The lowest BCUT2D eigenvalue weighted by atomic mass is 9.92. The molecule has 2 aliphatic rings. The third-order valence-electron chi connectivity index (χ3n) is 5.71. The maximum absolute atomic E-state index is 12.9. The average Bonchev–Trinajstić information content (AvgIpc) is 2.75. The molecular weight excluding hydrogens is 390 g/mol. The highest BCUT2D eigenvalue weighted by atomic mass is 32.2. The highest BCUT2D eigenvalue weighted by Crippen LogP contribution is 2.27. The number of methoxy groups -OCH3 is 1. The number of hydrogen-bond acceptors (Lipinski definition) is 6. The smallest absolute Gasteiger partial charge is 0.240 e. The molecule has 1 aromatic heterocycles. The van der Waals surface area contributed by atoms with Crippen molar-refractivity contribution in [2.24, 2.45) is 0 Å². The maximum Gasteiger partial charge on any atom is 0.240 e. The van der Waals surface area contributed by atoms with Crippen LogP contribution in [0.3, 0.4) is 0 Å². The molecule has 8 heteroatoms. The first-order valence-corrected chi connectivity index (χ1v) is 11.7. The molecule has 1 aromatic carbocycles. The molecule has 0 aliphatic heterocycles. The van der Waals surface area contributed by atoms with E-state index in [2.05, 4.69) is 14.7 Å². The van der Waals surface area contributed by atoms with Gasteiger partial charge in [-0.15, -0.1) is 0 Å². The number of ether oxygens (including phenoxy) is 2. The number of aromatic nitrogens is 2. The number of nitrogens with one attached hydrogen (secondary N) is 1. The zero-order valence-corrected chi connectivity index (χ0v) is 17.5. The number of fused-ring (bicyclic) bond motifs is 1. The number of rotatable bonds is 6. The summed E-state index contributed by atoms with van der Waals surface area (Å²) in [6.07, 6.45) is 10.4. The molecule has 4 rings (SSSR count). The Bertz CT molecular complexity index is 956. The van der Waals surface area contributed by atoms with Crippen molar-refractivity contribution < 1.29 is 17.9 Å². The molecule has 0 spiro atoms. The molecule has 0 unspecified atom stereocenters. The Morgan fingerprint density at radius 2 is 1.72 bits per heavy atom. The molecule has 29 heavy (non-hydrogen) atoms. The highest BCUT2D eigenvalue weighted by molar-refractivity contribution is 7.89. The molecule has 1 fully saturated rings. The van der Waals surface area contributed by atoms with Gasteiger partial charge in [0.05, 0.1) is 24.4 Å². The third kappa shape index (κ3) is 4.87. The summed E-state index contributed by atoms with van der Waals surface area (Å²) >= 11 is 0. The van der Waals surface area contributed by atoms with Crippen LogP contribution >= 0.6 is 0 Å². The second-order valence-corrected chi connectivity index (χ2v) is 9.46. The van der Waals surface area contributed by atoms with Crippen molar-refractivity contribution in [1.29, 1.82) is 0 Å². The van der Waals surface area contributed by atoms with Crippen molar-refractivity contribution in [1.82, 2.24) is 14.7 Å².